The van der Waals surface area contributed by atoms with Crippen molar-refractivity contribution in [3.8, 4) is 0 Å². The van der Waals surface area contributed by atoms with Crippen LogP contribution in [0.4, 0.5) is 10.5 Å². The topological polar surface area (TPSA) is 87.7 Å². The summed E-state index contributed by atoms with van der Waals surface area (Å²) >= 11 is 0. The Labute approximate surface area is 124 Å². The molecule has 0 bridgehead atoms. The summed E-state index contributed by atoms with van der Waals surface area (Å²) < 4.78 is 5.15. The van der Waals surface area contributed by atoms with Crippen molar-refractivity contribution in [1.82, 2.24) is 5.32 Å². The number of nitrogens with one attached hydrogen (secondary N) is 2. The van der Waals surface area contributed by atoms with Crippen LogP contribution in [0.5, 0.6) is 0 Å². The molecule has 0 radical (unpaired) electrons. The highest BCUT2D eigenvalue weighted by Gasteiger charge is 2.16. The molecular weight excluding hydrogens is 272 g/mol. The molecular formula is C15H22N2O4. The highest BCUT2D eigenvalue weighted by Crippen LogP contribution is 2.13. The molecule has 0 aromatic heterocycles. The van der Waals surface area contributed by atoms with Gasteiger partial charge in [-0.15, -0.1) is 0 Å². The van der Waals surface area contributed by atoms with Crippen LogP contribution in [0.25, 0.3) is 0 Å². The van der Waals surface area contributed by atoms with Crippen molar-refractivity contribution >= 4 is 17.7 Å². The second-order valence-electron chi connectivity index (χ2n) is 5.76. The second kappa shape index (κ2) is 7.08. The lowest BCUT2D eigenvalue weighted by Gasteiger charge is -2.19. The molecule has 0 fully saturated rings. The number of hydrogen-bond acceptors (Lipinski definition) is 4. The average Bonchev–Trinajstić information content (AvgIpc) is 2.35. The normalized spacial score (nSPS) is 12.6. The summed E-state index contributed by atoms with van der Waals surface area (Å²) in [6.07, 6.45) is -0.507. The van der Waals surface area contributed by atoms with Crippen molar-refractivity contribution in [1.29, 1.82) is 0 Å². The van der Waals surface area contributed by atoms with E-state index in [1.807, 2.05) is 12.1 Å². The maximum absolute atomic E-state index is 11.6. The van der Waals surface area contributed by atoms with Crippen molar-refractivity contribution in [3.63, 3.8) is 0 Å². The van der Waals surface area contributed by atoms with Gasteiger partial charge < -0.3 is 15.2 Å². The highest BCUT2D eigenvalue weighted by atomic mass is 16.6. The Balaban J connectivity index is 2.50. The summed E-state index contributed by atoms with van der Waals surface area (Å²) in [6.45, 7) is 7.42. The van der Waals surface area contributed by atoms with Gasteiger partial charge in [-0.1, -0.05) is 12.1 Å². The first-order valence-corrected chi connectivity index (χ1v) is 6.72. The van der Waals surface area contributed by atoms with Gasteiger partial charge >= 0.3 is 12.1 Å². The standard InChI is InChI=1S/C15H22N2O4/c1-10(13(18)19)16-9-11-5-7-12(8-6-11)17-14(20)21-15(2,3)4/h5-8,10,16H,9H2,1-4H3,(H,17,20)(H,18,19). The first kappa shape index (κ1) is 17.0. The second-order valence-corrected chi connectivity index (χ2v) is 5.76. The number of carboxylic acids is 1. The average molecular weight is 294 g/mol. The fourth-order valence-electron chi connectivity index (χ4n) is 1.49. The summed E-state index contributed by atoms with van der Waals surface area (Å²) in [6, 6.07) is 6.51. The van der Waals surface area contributed by atoms with Crippen LogP contribution in [0.3, 0.4) is 0 Å². The number of ether oxygens (including phenoxy) is 1. The zero-order valence-electron chi connectivity index (χ0n) is 12.8. The minimum absolute atomic E-state index is 0.445. The molecule has 1 atom stereocenters. The van der Waals surface area contributed by atoms with Crippen molar-refractivity contribution in [2.24, 2.45) is 0 Å². The van der Waals surface area contributed by atoms with Gasteiger partial charge in [-0.25, -0.2) is 4.79 Å². The van der Waals surface area contributed by atoms with E-state index in [4.69, 9.17) is 9.84 Å². The van der Waals surface area contributed by atoms with Crippen LogP contribution in [0.1, 0.15) is 33.3 Å². The van der Waals surface area contributed by atoms with Crippen molar-refractivity contribution < 1.29 is 19.4 Å². The number of aliphatic carboxylic acids is 1. The molecule has 1 aromatic carbocycles. The van der Waals surface area contributed by atoms with Crippen LogP contribution < -0.4 is 10.6 Å². The third-order valence-electron chi connectivity index (χ3n) is 2.58. The lowest BCUT2D eigenvalue weighted by atomic mass is 10.2. The molecule has 1 aromatic rings. The number of benzene rings is 1. The van der Waals surface area contributed by atoms with Gasteiger partial charge in [-0.3, -0.25) is 10.1 Å². The maximum Gasteiger partial charge on any atom is 0.412 e. The van der Waals surface area contributed by atoms with E-state index >= 15 is 0 Å². The molecule has 21 heavy (non-hydrogen) atoms. The largest absolute Gasteiger partial charge is 0.480 e. The SMILES string of the molecule is CC(NCc1ccc(NC(=O)OC(C)(C)C)cc1)C(=O)O. The third kappa shape index (κ3) is 6.76. The summed E-state index contributed by atoms with van der Waals surface area (Å²) in [5.41, 5.74) is 1.01. The van der Waals surface area contributed by atoms with Crippen molar-refractivity contribution in [2.75, 3.05) is 5.32 Å². The van der Waals surface area contributed by atoms with Crippen LogP contribution in [0.2, 0.25) is 0 Å². The number of carboxylic acid groups (broad SMARTS) is 1. The molecule has 1 unspecified atom stereocenters. The molecule has 0 saturated carbocycles. The first-order chi connectivity index (χ1) is 9.67. The van der Waals surface area contributed by atoms with Crippen LogP contribution in [-0.2, 0) is 16.1 Å². The molecule has 0 saturated heterocycles. The number of carbonyl (C=O) groups is 2. The van der Waals surface area contributed by atoms with E-state index in [2.05, 4.69) is 10.6 Å². The third-order valence-corrected chi connectivity index (χ3v) is 2.58. The maximum atomic E-state index is 11.6. The predicted molar refractivity (Wildman–Crippen MR) is 80.2 cm³/mol. The van der Waals surface area contributed by atoms with Crippen LogP contribution in [0.15, 0.2) is 24.3 Å². The molecule has 0 aliphatic rings. The lowest BCUT2D eigenvalue weighted by Crippen LogP contribution is -2.33. The van der Waals surface area contributed by atoms with E-state index in [0.717, 1.165) is 5.56 Å². The predicted octanol–water partition coefficient (Wildman–Crippen LogP) is 2.60. The molecule has 0 aliphatic heterocycles. The number of amides is 1. The Bertz CT molecular complexity index is 491. The molecule has 0 heterocycles. The Kier molecular flexibility index (Phi) is 5.72. The zero-order valence-corrected chi connectivity index (χ0v) is 12.8. The van der Waals surface area contributed by atoms with Gasteiger partial charge in [0.1, 0.15) is 11.6 Å². The molecule has 1 amide bonds. The molecule has 6 nitrogen and oxygen atoms in total. The van der Waals surface area contributed by atoms with Gasteiger partial charge in [-0.05, 0) is 45.4 Å². The van der Waals surface area contributed by atoms with Crippen LogP contribution >= 0.6 is 0 Å². The monoisotopic (exact) mass is 294 g/mol. The molecule has 116 valence electrons. The molecule has 1 rings (SSSR count). The number of carbonyl (C=O) groups excluding carboxylic acids is 1. The fourth-order valence-corrected chi connectivity index (χ4v) is 1.49. The Hall–Kier alpha value is -2.08. The molecule has 0 aliphatic carbocycles. The van der Waals surface area contributed by atoms with Gasteiger partial charge in [0.25, 0.3) is 0 Å². The zero-order chi connectivity index (χ0) is 16.0. The van der Waals surface area contributed by atoms with Crippen LogP contribution in [-0.4, -0.2) is 28.8 Å². The van der Waals surface area contributed by atoms with Crippen molar-refractivity contribution in [3.05, 3.63) is 29.8 Å². The number of rotatable bonds is 5. The summed E-state index contributed by atoms with van der Waals surface area (Å²) in [7, 11) is 0. The molecule has 6 heteroatoms. The molecule has 0 spiro atoms. The van der Waals surface area contributed by atoms with E-state index in [9.17, 15) is 9.59 Å². The minimum atomic E-state index is -0.891. The minimum Gasteiger partial charge on any atom is -0.480 e. The van der Waals surface area contributed by atoms with Crippen LogP contribution in [0, 0.1) is 0 Å². The summed E-state index contributed by atoms with van der Waals surface area (Å²) in [4.78, 5) is 22.3. The summed E-state index contributed by atoms with van der Waals surface area (Å²) in [5, 5.41) is 14.3. The van der Waals surface area contributed by atoms with E-state index in [0.29, 0.717) is 12.2 Å². The van der Waals surface area contributed by atoms with E-state index in [1.165, 1.54) is 0 Å². The molecule has 3 N–H and O–H groups in total. The van der Waals surface area contributed by atoms with E-state index in [-0.39, 0.29) is 0 Å². The number of hydrogen-bond donors (Lipinski definition) is 3. The Morgan fingerprint density at radius 1 is 1.24 bits per heavy atom. The lowest BCUT2D eigenvalue weighted by molar-refractivity contribution is -0.139. The fraction of sp³-hybridized carbons (Fsp3) is 0.467. The highest BCUT2D eigenvalue weighted by molar-refractivity contribution is 5.84. The first-order valence-electron chi connectivity index (χ1n) is 6.72. The van der Waals surface area contributed by atoms with Gasteiger partial charge in [0.2, 0.25) is 0 Å². The van der Waals surface area contributed by atoms with E-state index < -0.39 is 23.7 Å². The van der Waals surface area contributed by atoms with Gasteiger partial charge in [0.15, 0.2) is 0 Å². The Morgan fingerprint density at radius 2 is 1.81 bits per heavy atom. The Morgan fingerprint density at radius 3 is 2.29 bits per heavy atom. The van der Waals surface area contributed by atoms with Gasteiger partial charge in [0.05, 0.1) is 0 Å². The van der Waals surface area contributed by atoms with Gasteiger partial charge in [-0.2, -0.15) is 0 Å². The van der Waals surface area contributed by atoms with Gasteiger partial charge in [0, 0.05) is 12.2 Å². The quantitative estimate of drug-likeness (QED) is 0.777. The van der Waals surface area contributed by atoms with E-state index in [1.54, 1.807) is 39.8 Å². The number of anilines is 1. The summed E-state index contributed by atoms with van der Waals surface area (Å²) in [5.74, 6) is -0.891. The van der Waals surface area contributed by atoms with Crippen molar-refractivity contribution in [2.45, 2.75) is 45.9 Å². The smallest absolute Gasteiger partial charge is 0.412 e.